The van der Waals surface area contributed by atoms with Crippen molar-refractivity contribution in [2.45, 2.75) is 18.1 Å². The molecule has 2 nitrogen and oxygen atoms in total. The van der Waals surface area contributed by atoms with Crippen molar-refractivity contribution in [1.29, 1.82) is 0 Å². The Hall–Kier alpha value is -0.180. The van der Waals surface area contributed by atoms with Crippen LogP contribution in [0.15, 0.2) is 0 Å². The largest absolute Gasteiger partial charge is 0.481 e. The van der Waals surface area contributed by atoms with Crippen LogP contribution >= 0.6 is 11.8 Å². The van der Waals surface area contributed by atoms with E-state index in [0.29, 0.717) is 12.3 Å². The molecule has 0 bridgehead atoms. The summed E-state index contributed by atoms with van der Waals surface area (Å²) in [5, 5.41) is 9.19. The fourth-order valence-corrected chi connectivity index (χ4v) is 3.56. The fourth-order valence-electron chi connectivity index (χ4n) is 1.84. The number of carboxylic acids is 1. The van der Waals surface area contributed by atoms with Crippen molar-refractivity contribution < 1.29 is 9.90 Å². The number of carboxylic acid groups (broad SMARTS) is 1. The van der Waals surface area contributed by atoms with Gasteiger partial charge in [0.25, 0.3) is 0 Å². The maximum absolute atomic E-state index is 10.3. The van der Waals surface area contributed by atoms with Crippen LogP contribution in [0, 0.1) is 11.8 Å². The van der Waals surface area contributed by atoms with Crippen molar-refractivity contribution >= 4 is 17.7 Å². The van der Waals surface area contributed by atoms with Gasteiger partial charge in [0.2, 0.25) is 0 Å². The van der Waals surface area contributed by atoms with E-state index in [1.165, 1.54) is 12.2 Å². The van der Waals surface area contributed by atoms with Gasteiger partial charge in [-0.1, -0.05) is 0 Å². The predicted molar refractivity (Wildman–Crippen MR) is 40.1 cm³/mol. The van der Waals surface area contributed by atoms with Gasteiger partial charge in [0.05, 0.1) is 0 Å². The number of hydrogen-bond donors (Lipinski definition) is 1. The molecule has 2 aliphatic rings. The standard InChI is InChI=1S/C7H10O2S/c8-6(9)3-5-4-1-2-10-7(4)5/h4-5,7H,1-3H2,(H,8,9)/t4-,5?,7-/m1/s1. The molecule has 1 aliphatic carbocycles. The average Bonchev–Trinajstić information content (AvgIpc) is 2.40. The van der Waals surface area contributed by atoms with Gasteiger partial charge in [-0.25, -0.2) is 0 Å². The third-order valence-corrected chi connectivity index (χ3v) is 3.98. The van der Waals surface area contributed by atoms with Crippen LogP contribution in [0.4, 0.5) is 0 Å². The second kappa shape index (κ2) is 2.16. The smallest absolute Gasteiger partial charge is 0.303 e. The van der Waals surface area contributed by atoms with Gasteiger partial charge >= 0.3 is 5.97 Å². The lowest BCUT2D eigenvalue weighted by Crippen LogP contribution is -1.99. The van der Waals surface area contributed by atoms with Gasteiger partial charge in [0.15, 0.2) is 0 Å². The topological polar surface area (TPSA) is 37.3 Å². The Labute approximate surface area is 64.0 Å². The molecule has 1 aliphatic heterocycles. The molecule has 1 N–H and O–H groups in total. The minimum Gasteiger partial charge on any atom is -0.481 e. The number of carbonyl (C=O) groups is 1. The Balaban J connectivity index is 1.84. The first-order valence-corrected chi connectivity index (χ1v) is 4.67. The van der Waals surface area contributed by atoms with Crippen LogP contribution in [-0.2, 0) is 4.79 Å². The van der Waals surface area contributed by atoms with Crippen molar-refractivity contribution in [3.8, 4) is 0 Å². The lowest BCUT2D eigenvalue weighted by Gasteiger charge is -1.96. The van der Waals surface area contributed by atoms with Crippen LogP contribution in [0.1, 0.15) is 12.8 Å². The van der Waals surface area contributed by atoms with Gasteiger partial charge in [0, 0.05) is 11.7 Å². The summed E-state index contributed by atoms with van der Waals surface area (Å²) >= 11 is 1.96. The van der Waals surface area contributed by atoms with E-state index in [4.69, 9.17) is 5.11 Å². The SMILES string of the molecule is O=C(O)CC1[C@H]2CCS[C@@H]12. The summed E-state index contributed by atoms with van der Waals surface area (Å²) in [5.41, 5.74) is 0. The Morgan fingerprint density at radius 1 is 1.70 bits per heavy atom. The van der Waals surface area contributed by atoms with Crippen LogP contribution in [-0.4, -0.2) is 22.1 Å². The molecule has 0 amide bonds. The molecule has 2 rings (SSSR count). The zero-order valence-electron chi connectivity index (χ0n) is 5.62. The first-order valence-electron chi connectivity index (χ1n) is 3.62. The van der Waals surface area contributed by atoms with Gasteiger partial charge in [-0.3, -0.25) is 4.79 Å². The summed E-state index contributed by atoms with van der Waals surface area (Å²) < 4.78 is 0. The highest BCUT2D eigenvalue weighted by atomic mass is 32.2. The summed E-state index contributed by atoms with van der Waals surface area (Å²) in [4.78, 5) is 10.3. The van der Waals surface area contributed by atoms with Gasteiger partial charge in [-0.15, -0.1) is 0 Å². The minimum absolute atomic E-state index is 0.405. The highest BCUT2D eigenvalue weighted by Crippen LogP contribution is 2.57. The number of fused-ring (bicyclic) bond motifs is 1. The lowest BCUT2D eigenvalue weighted by atomic mass is 10.2. The summed E-state index contributed by atoms with van der Waals surface area (Å²) in [7, 11) is 0. The van der Waals surface area contributed by atoms with Crippen LogP contribution < -0.4 is 0 Å². The van der Waals surface area contributed by atoms with Crippen LogP contribution in [0.3, 0.4) is 0 Å². The van der Waals surface area contributed by atoms with E-state index in [9.17, 15) is 4.79 Å². The second-order valence-electron chi connectivity index (χ2n) is 3.05. The molecule has 10 heavy (non-hydrogen) atoms. The van der Waals surface area contributed by atoms with E-state index in [1.807, 2.05) is 11.8 Å². The molecule has 1 saturated heterocycles. The Morgan fingerprint density at radius 2 is 2.50 bits per heavy atom. The normalized spacial score (nSPS) is 43.0. The minimum atomic E-state index is -0.625. The summed E-state index contributed by atoms with van der Waals surface area (Å²) in [6.45, 7) is 0. The van der Waals surface area contributed by atoms with Crippen molar-refractivity contribution in [2.24, 2.45) is 11.8 Å². The molecule has 0 radical (unpaired) electrons. The Bertz CT molecular complexity index is 159. The van der Waals surface area contributed by atoms with E-state index in [0.717, 1.165) is 11.2 Å². The molecule has 3 atom stereocenters. The third-order valence-electron chi connectivity index (χ3n) is 2.42. The monoisotopic (exact) mass is 158 g/mol. The third kappa shape index (κ3) is 0.926. The van der Waals surface area contributed by atoms with E-state index < -0.39 is 5.97 Å². The molecule has 1 unspecified atom stereocenters. The molecule has 56 valence electrons. The lowest BCUT2D eigenvalue weighted by molar-refractivity contribution is -0.137. The number of rotatable bonds is 2. The number of thioether (sulfide) groups is 1. The van der Waals surface area contributed by atoms with Gasteiger partial charge < -0.3 is 5.11 Å². The second-order valence-corrected chi connectivity index (χ2v) is 4.34. The van der Waals surface area contributed by atoms with Gasteiger partial charge in [0.1, 0.15) is 0 Å². The van der Waals surface area contributed by atoms with Crippen LogP contribution in [0.25, 0.3) is 0 Å². The highest BCUT2D eigenvalue weighted by molar-refractivity contribution is 8.00. The quantitative estimate of drug-likeness (QED) is 0.656. The highest BCUT2D eigenvalue weighted by Gasteiger charge is 2.53. The Kier molecular flexibility index (Phi) is 1.41. The fraction of sp³-hybridized carbons (Fsp3) is 0.857. The number of hydrogen-bond acceptors (Lipinski definition) is 2. The van der Waals surface area contributed by atoms with E-state index in [-0.39, 0.29) is 0 Å². The Morgan fingerprint density at radius 3 is 3.00 bits per heavy atom. The molecule has 0 aromatic rings. The first kappa shape index (κ1) is 6.53. The van der Waals surface area contributed by atoms with Crippen LogP contribution in [0.2, 0.25) is 0 Å². The molecule has 2 fully saturated rings. The van der Waals surface area contributed by atoms with Crippen molar-refractivity contribution in [2.75, 3.05) is 5.75 Å². The summed E-state index contributed by atoms with van der Waals surface area (Å²) in [5.74, 6) is 1.92. The van der Waals surface area contributed by atoms with Gasteiger partial charge in [-0.05, 0) is 24.0 Å². The summed E-state index contributed by atoms with van der Waals surface area (Å²) in [6.07, 6.45) is 1.66. The first-order chi connectivity index (χ1) is 4.79. The van der Waals surface area contributed by atoms with Crippen molar-refractivity contribution in [3.05, 3.63) is 0 Å². The number of aliphatic carboxylic acids is 1. The van der Waals surface area contributed by atoms with Crippen LogP contribution in [0.5, 0.6) is 0 Å². The van der Waals surface area contributed by atoms with E-state index >= 15 is 0 Å². The molecule has 0 spiro atoms. The van der Waals surface area contributed by atoms with Crippen molar-refractivity contribution in [3.63, 3.8) is 0 Å². The molecule has 1 heterocycles. The molecular formula is C7H10O2S. The predicted octanol–water partition coefficient (Wildman–Crippen LogP) is 1.21. The van der Waals surface area contributed by atoms with Gasteiger partial charge in [-0.2, -0.15) is 11.8 Å². The van der Waals surface area contributed by atoms with Crippen molar-refractivity contribution in [1.82, 2.24) is 0 Å². The molecule has 0 aromatic carbocycles. The maximum atomic E-state index is 10.3. The molecule has 0 aromatic heterocycles. The zero-order valence-corrected chi connectivity index (χ0v) is 6.43. The maximum Gasteiger partial charge on any atom is 0.303 e. The van der Waals surface area contributed by atoms with E-state index in [2.05, 4.69) is 0 Å². The summed E-state index contributed by atoms with van der Waals surface area (Å²) in [6, 6.07) is 0. The van der Waals surface area contributed by atoms with E-state index in [1.54, 1.807) is 0 Å². The average molecular weight is 158 g/mol. The molecule has 3 heteroatoms. The molecule has 1 saturated carbocycles. The zero-order chi connectivity index (χ0) is 7.14. The molecular weight excluding hydrogens is 148 g/mol.